The molecule has 0 aliphatic heterocycles. The number of nitrogens with one attached hydrogen (secondary N) is 1. The number of thioether (sulfide) groups is 1. The first-order valence-corrected chi connectivity index (χ1v) is 5.51. The first kappa shape index (κ1) is 12.9. The van der Waals surface area contributed by atoms with Gasteiger partial charge < -0.3 is 0 Å². The van der Waals surface area contributed by atoms with Gasteiger partial charge in [-0.25, -0.2) is 13.8 Å². The molecule has 7 heteroatoms. The van der Waals surface area contributed by atoms with E-state index in [0.717, 1.165) is 23.9 Å². The van der Waals surface area contributed by atoms with Crippen molar-refractivity contribution in [1.29, 1.82) is 10.5 Å². The Morgan fingerprint density at radius 3 is 2.35 bits per heavy atom. The molecule has 0 spiro atoms. The monoisotopic (exact) mass is 252 g/mol. The topological polar surface area (TPSA) is 72.0 Å². The summed E-state index contributed by atoms with van der Waals surface area (Å²) in [6.45, 7) is 0. The SMILES string of the molecule is CSC(=Nc1cc(F)c(C#N)c(F)c1)NC#N. The molecular weight excluding hydrogens is 246 g/mol. The molecular formula is C10H6F2N4S. The number of rotatable bonds is 1. The normalized spacial score (nSPS) is 10.5. The number of amidine groups is 1. The molecule has 0 aliphatic rings. The lowest BCUT2D eigenvalue weighted by Gasteiger charge is -2.01. The summed E-state index contributed by atoms with van der Waals surface area (Å²) in [5.74, 6) is -1.97. The van der Waals surface area contributed by atoms with E-state index >= 15 is 0 Å². The van der Waals surface area contributed by atoms with Crippen LogP contribution < -0.4 is 5.32 Å². The van der Waals surface area contributed by atoms with Gasteiger partial charge in [0.25, 0.3) is 0 Å². The van der Waals surface area contributed by atoms with Gasteiger partial charge >= 0.3 is 0 Å². The quantitative estimate of drug-likeness (QED) is 0.360. The molecule has 0 fully saturated rings. The summed E-state index contributed by atoms with van der Waals surface area (Å²) in [4.78, 5) is 3.82. The molecule has 1 N–H and O–H groups in total. The van der Waals surface area contributed by atoms with Crippen LogP contribution in [0.2, 0.25) is 0 Å². The number of nitriles is 2. The molecule has 1 rings (SSSR count). The van der Waals surface area contributed by atoms with Crippen LogP contribution in [0.3, 0.4) is 0 Å². The standard InChI is InChI=1S/C10H6F2N4S/c1-17-10(15-5-14)16-6-2-8(11)7(4-13)9(12)3-6/h2-3H,1H3,(H,15,16). The predicted molar refractivity (Wildman–Crippen MR) is 60.4 cm³/mol. The van der Waals surface area contributed by atoms with E-state index in [4.69, 9.17) is 10.5 Å². The summed E-state index contributed by atoms with van der Waals surface area (Å²) in [5, 5.41) is 19.3. The van der Waals surface area contributed by atoms with Crippen LogP contribution in [0.15, 0.2) is 17.1 Å². The van der Waals surface area contributed by atoms with Gasteiger partial charge in [-0.05, 0) is 6.26 Å². The van der Waals surface area contributed by atoms with Gasteiger partial charge in [0, 0.05) is 12.1 Å². The van der Waals surface area contributed by atoms with Crippen molar-refractivity contribution in [2.75, 3.05) is 6.26 Å². The van der Waals surface area contributed by atoms with Gasteiger partial charge in [-0.15, -0.1) is 0 Å². The van der Waals surface area contributed by atoms with E-state index in [-0.39, 0.29) is 10.9 Å². The minimum absolute atomic E-state index is 0.00824. The fraction of sp³-hybridized carbons (Fsp3) is 0.100. The highest BCUT2D eigenvalue weighted by Gasteiger charge is 2.10. The smallest absolute Gasteiger partial charge is 0.183 e. The lowest BCUT2D eigenvalue weighted by Crippen LogP contribution is -2.12. The molecule has 0 saturated heterocycles. The van der Waals surface area contributed by atoms with Crippen LogP contribution in [0.4, 0.5) is 14.5 Å². The van der Waals surface area contributed by atoms with Crippen molar-refractivity contribution >= 4 is 22.6 Å². The summed E-state index contributed by atoms with van der Waals surface area (Å²) in [5.41, 5.74) is -0.658. The Balaban J connectivity index is 3.18. The van der Waals surface area contributed by atoms with Crippen molar-refractivity contribution in [1.82, 2.24) is 5.32 Å². The zero-order valence-corrected chi connectivity index (χ0v) is 9.48. The van der Waals surface area contributed by atoms with Gasteiger partial charge in [-0.3, -0.25) is 5.32 Å². The maximum Gasteiger partial charge on any atom is 0.183 e. The molecule has 0 atom stereocenters. The second kappa shape index (κ2) is 5.83. The van der Waals surface area contributed by atoms with E-state index < -0.39 is 17.2 Å². The van der Waals surface area contributed by atoms with Crippen LogP contribution >= 0.6 is 11.8 Å². The van der Waals surface area contributed by atoms with Gasteiger partial charge in [-0.2, -0.15) is 10.5 Å². The fourth-order valence-corrected chi connectivity index (χ4v) is 1.37. The zero-order valence-electron chi connectivity index (χ0n) is 8.66. The summed E-state index contributed by atoms with van der Waals surface area (Å²) in [6, 6.07) is 3.27. The molecule has 86 valence electrons. The van der Waals surface area contributed by atoms with E-state index in [1.807, 2.05) is 0 Å². The van der Waals surface area contributed by atoms with E-state index in [2.05, 4.69) is 10.3 Å². The van der Waals surface area contributed by atoms with Crippen molar-refractivity contribution in [2.24, 2.45) is 4.99 Å². The molecule has 0 radical (unpaired) electrons. The largest absolute Gasteiger partial charge is 0.271 e. The molecule has 0 aliphatic carbocycles. The zero-order chi connectivity index (χ0) is 12.8. The van der Waals surface area contributed by atoms with Crippen LogP contribution in [-0.4, -0.2) is 11.4 Å². The van der Waals surface area contributed by atoms with Crippen LogP contribution in [0.1, 0.15) is 5.56 Å². The highest BCUT2D eigenvalue weighted by molar-refractivity contribution is 8.13. The molecule has 17 heavy (non-hydrogen) atoms. The lowest BCUT2D eigenvalue weighted by molar-refractivity contribution is 0.577. The number of aliphatic imine (C=N–C) groups is 1. The molecule has 1 aromatic carbocycles. The van der Waals surface area contributed by atoms with Crippen molar-refractivity contribution < 1.29 is 8.78 Å². The number of hydrogen-bond acceptors (Lipinski definition) is 4. The van der Waals surface area contributed by atoms with Gasteiger partial charge in [0.05, 0.1) is 5.69 Å². The number of benzene rings is 1. The summed E-state index contributed by atoms with van der Waals surface area (Å²) in [6.07, 6.45) is 3.30. The fourth-order valence-electron chi connectivity index (χ4n) is 1.02. The van der Waals surface area contributed by atoms with Gasteiger partial charge in [0.15, 0.2) is 11.4 Å². The number of hydrogen-bond donors (Lipinski definition) is 1. The van der Waals surface area contributed by atoms with Crippen molar-refractivity contribution in [3.05, 3.63) is 29.3 Å². The Kier molecular flexibility index (Phi) is 4.44. The first-order chi connectivity index (χ1) is 8.12. The highest BCUT2D eigenvalue weighted by atomic mass is 32.2. The number of halogens is 2. The van der Waals surface area contributed by atoms with Crippen molar-refractivity contribution in [2.45, 2.75) is 0 Å². The van der Waals surface area contributed by atoms with Crippen LogP contribution in [0.5, 0.6) is 0 Å². The first-order valence-electron chi connectivity index (χ1n) is 4.29. The average molecular weight is 252 g/mol. The Bertz CT molecular complexity index is 519. The predicted octanol–water partition coefficient (Wildman–Crippen LogP) is 2.26. The highest BCUT2D eigenvalue weighted by Crippen LogP contribution is 2.21. The van der Waals surface area contributed by atoms with E-state index in [1.165, 1.54) is 6.07 Å². The molecule has 0 amide bonds. The molecule has 0 heterocycles. The minimum atomic E-state index is -0.983. The molecule has 4 nitrogen and oxygen atoms in total. The maximum absolute atomic E-state index is 13.2. The summed E-state index contributed by atoms with van der Waals surface area (Å²) >= 11 is 1.12. The third-order valence-electron chi connectivity index (χ3n) is 1.73. The van der Waals surface area contributed by atoms with Crippen LogP contribution in [-0.2, 0) is 0 Å². The van der Waals surface area contributed by atoms with E-state index in [9.17, 15) is 8.78 Å². The van der Waals surface area contributed by atoms with Gasteiger partial charge in [0.2, 0.25) is 0 Å². The molecule has 0 aromatic heterocycles. The van der Waals surface area contributed by atoms with Gasteiger partial charge in [-0.1, -0.05) is 11.8 Å². The van der Waals surface area contributed by atoms with E-state index in [0.29, 0.717) is 0 Å². The van der Waals surface area contributed by atoms with Gasteiger partial charge in [0.1, 0.15) is 23.3 Å². The Morgan fingerprint density at radius 1 is 1.35 bits per heavy atom. The van der Waals surface area contributed by atoms with E-state index in [1.54, 1.807) is 12.4 Å². The Hall–Kier alpha value is -2.12. The van der Waals surface area contributed by atoms with Crippen LogP contribution in [0, 0.1) is 34.4 Å². The van der Waals surface area contributed by atoms with Crippen LogP contribution in [0.25, 0.3) is 0 Å². The molecule has 1 aromatic rings. The Morgan fingerprint density at radius 2 is 1.94 bits per heavy atom. The third kappa shape index (κ3) is 3.16. The maximum atomic E-state index is 13.2. The van der Waals surface area contributed by atoms with Crippen molar-refractivity contribution in [3.63, 3.8) is 0 Å². The minimum Gasteiger partial charge on any atom is -0.271 e. The second-order valence-electron chi connectivity index (χ2n) is 2.75. The Labute approximate surface area is 101 Å². The van der Waals surface area contributed by atoms with Crippen molar-refractivity contribution in [3.8, 4) is 12.3 Å². The summed E-state index contributed by atoms with van der Waals surface area (Å²) in [7, 11) is 0. The number of nitrogens with zero attached hydrogens (tertiary/aromatic N) is 3. The summed E-state index contributed by atoms with van der Waals surface area (Å²) < 4.78 is 26.5. The lowest BCUT2D eigenvalue weighted by atomic mass is 10.2. The third-order valence-corrected chi connectivity index (χ3v) is 2.31. The second-order valence-corrected chi connectivity index (χ2v) is 3.55. The molecule has 0 unspecified atom stereocenters. The molecule has 0 saturated carbocycles. The average Bonchev–Trinajstić information content (AvgIpc) is 2.28. The molecule has 0 bridgehead atoms.